The number of nitrogens with one attached hydrogen (secondary N) is 1. The predicted molar refractivity (Wildman–Crippen MR) is 127 cm³/mol. The summed E-state index contributed by atoms with van der Waals surface area (Å²) in [5, 5.41) is 2.91. The maximum atomic E-state index is 12.5. The van der Waals surface area contributed by atoms with Crippen LogP contribution in [-0.2, 0) is 16.1 Å². The number of piperidine rings is 2. The van der Waals surface area contributed by atoms with Gasteiger partial charge < -0.3 is 19.7 Å². The van der Waals surface area contributed by atoms with E-state index >= 15 is 0 Å². The molecule has 3 fully saturated rings. The number of ether oxygens (including phenoxy) is 2. The summed E-state index contributed by atoms with van der Waals surface area (Å²) in [6, 6.07) is 9.80. The standard InChI is InChI=1S/C26H39N3O4/c1-3-4-10-22-19-27-23(30)33-26(22)13-17-29(18-14-26)25(2)11-15-28(16-12-25)24(31)32-20-21-8-6-5-7-9-21/h5-9,22H,3-4,10-20H2,1-2H3,(H,27,30)/t22-/m0/s1. The Morgan fingerprint density at radius 2 is 1.82 bits per heavy atom. The van der Waals surface area contributed by atoms with Crippen molar-refractivity contribution >= 4 is 12.2 Å². The highest BCUT2D eigenvalue weighted by molar-refractivity contribution is 5.69. The van der Waals surface area contributed by atoms with E-state index in [1.54, 1.807) is 0 Å². The van der Waals surface area contributed by atoms with E-state index < -0.39 is 0 Å². The van der Waals surface area contributed by atoms with Crippen LogP contribution in [0.5, 0.6) is 0 Å². The topological polar surface area (TPSA) is 71.1 Å². The highest BCUT2D eigenvalue weighted by atomic mass is 16.6. The number of unbranched alkanes of at least 4 members (excludes halogenated alkanes) is 1. The molecule has 0 aliphatic carbocycles. The molecule has 7 heteroatoms. The van der Waals surface area contributed by atoms with E-state index in [2.05, 4.69) is 24.1 Å². The molecule has 1 N–H and O–H groups in total. The quantitative estimate of drug-likeness (QED) is 0.678. The molecule has 0 radical (unpaired) electrons. The molecule has 182 valence electrons. The van der Waals surface area contributed by atoms with Crippen LogP contribution in [0.2, 0.25) is 0 Å². The second-order valence-corrected chi connectivity index (χ2v) is 10.2. The number of rotatable bonds is 6. The second-order valence-electron chi connectivity index (χ2n) is 10.2. The Bertz CT molecular complexity index is 799. The van der Waals surface area contributed by atoms with Crippen LogP contribution in [0.4, 0.5) is 9.59 Å². The third kappa shape index (κ3) is 5.45. The van der Waals surface area contributed by atoms with E-state index in [9.17, 15) is 9.59 Å². The number of carbonyl (C=O) groups is 2. The number of nitrogens with zero attached hydrogens (tertiary/aromatic N) is 2. The molecule has 1 spiro atoms. The molecule has 2 amide bonds. The van der Waals surface area contributed by atoms with E-state index in [-0.39, 0.29) is 23.3 Å². The van der Waals surface area contributed by atoms with E-state index in [4.69, 9.17) is 9.47 Å². The molecule has 0 bridgehead atoms. The largest absolute Gasteiger partial charge is 0.445 e. The fourth-order valence-electron chi connectivity index (χ4n) is 5.75. The Labute approximate surface area is 197 Å². The fraction of sp³-hybridized carbons (Fsp3) is 0.692. The molecule has 3 aliphatic heterocycles. The Kier molecular flexibility index (Phi) is 7.47. The van der Waals surface area contributed by atoms with Gasteiger partial charge in [-0.3, -0.25) is 4.90 Å². The van der Waals surface area contributed by atoms with Gasteiger partial charge in [0.15, 0.2) is 0 Å². The normalized spacial score (nSPS) is 24.7. The summed E-state index contributed by atoms with van der Waals surface area (Å²) in [5.74, 6) is 0.395. The molecule has 7 nitrogen and oxygen atoms in total. The lowest BCUT2D eigenvalue weighted by molar-refractivity contribution is -0.111. The maximum absolute atomic E-state index is 12.5. The van der Waals surface area contributed by atoms with Crippen molar-refractivity contribution < 1.29 is 19.1 Å². The van der Waals surface area contributed by atoms with E-state index in [0.29, 0.717) is 25.6 Å². The van der Waals surface area contributed by atoms with Gasteiger partial charge in [0, 0.05) is 57.0 Å². The Morgan fingerprint density at radius 3 is 2.48 bits per heavy atom. The van der Waals surface area contributed by atoms with Crippen LogP contribution in [-0.4, -0.2) is 65.9 Å². The molecule has 3 saturated heterocycles. The summed E-state index contributed by atoms with van der Waals surface area (Å²) in [6.07, 6.45) is 6.61. The van der Waals surface area contributed by atoms with Crippen molar-refractivity contribution in [1.82, 2.24) is 15.1 Å². The lowest BCUT2D eigenvalue weighted by Gasteiger charge is -2.53. The molecule has 33 heavy (non-hydrogen) atoms. The summed E-state index contributed by atoms with van der Waals surface area (Å²) >= 11 is 0. The number of hydrogen-bond acceptors (Lipinski definition) is 5. The average molecular weight is 458 g/mol. The monoisotopic (exact) mass is 457 g/mol. The first-order chi connectivity index (χ1) is 15.9. The summed E-state index contributed by atoms with van der Waals surface area (Å²) in [5.41, 5.74) is 0.755. The molecule has 3 heterocycles. The first kappa shape index (κ1) is 23.9. The number of benzene rings is 1. The van der Waals surface area contributed by atoms with Crippen LogP contribution >= 0.6 is 0 Å². The minimum absolute atomic E-state index is 0.0632. The lowest BCUT2D eigenvalue weighted by atomic mass is 9.74. The van der Waals surface area contributed by atoms with Gasteiger partial charge in [0.2, 0.25) is 0 Å². The van der Waals surface area contributed by atoms with Crippen molar-refractivity contribution in [3.05, 3.63) is 35.9 Å². The molecule has 0 unspecified atom stereocenters. The van der Waals surface area contributed by atoms with Gasteiger partial charge in [0.25, 0.3) is 0 Å². The zero-order chi connectivity index (χ0) is 23.3. The van der Waals surface area contributed by atoms with Gasteiger partial charge in [-0.1, -0.05) is 50.1 Å². The molecule has 0 aromatic heterocycles. The van der Waals surface area contributed by atoms with Crippen LogP contribution in [0.3, 0.4) is 0 Å². The van der Waals surface area contributed by atoms with Gasteiger partial charge in [0.1, 0.15) is 12.2 Å². The first-order valence-electron chi connectivity index (χ1n) is 12.6. The molecular weight excluding hydrogens is 418 g/mol. The SMILES string of the molecule is CCCC[C@H]1CNC(=O)OC12CCN(C1(C)CCN(C(=O)OCc3ccccc3)CC1)CC2. The maximum Gasteiger partial charge on any atom is 0.410 e. The molecule has 1 aromatic carbocycles. The molecular formula is C26H39N3O4. The van der Waals surface area contributed by atoms with Crippen molar-refractivity contribution in [2.75, 3.05) is 32.7 Å². The third-order valence-electron chi connectivity index (χ3n) is 8.12. The molecule has 3 aliphatic rings. The molecule has 0 saturated carbocycles. The molecule has 4 rings (SSSR count). The van der Waals surface area contributed by atoms with Crippen LogP contribution in [0.1, 0.15) is 64.4 Å². The molecule has 1 aromatic rings. The van der Waals surface area contributed by atoms with Crippen molar-refractivity contribution in [1.29, 1.82) is 0 Å². The smallest absolute Gasteiger partial charge is 0.410 e. The van der Waals surface area contributed by atoms with Crippen LogP contribution in [0, 0.1) is 5.92 Å². The van der Waals surface area contributed by atoms with Gasteiger partial charge in [-0.05, 0) is 31.7 Å². The van der Waals surface area contributed by atoms with Crippen molar-refractivity contribution in [2.45, 2.75) is 76.5 Å². The zero-order valence-electron chi connectivity index (χ0n) is 20.2. The second kappa shape index (κ2) is 10.3. The van der Waals surface area contributed by atoms with Gasteiger partial charge in [-0.25, -0.2) is 9.59 Å². The lowest BCUT2D eigenvalue weighted by Crippen LogP contribution is -2.63. The van der Waals surface area contributed by atoms with E-state index in [1.807, 2.05) is 35.2 Å². The number of alkyl carbamates (subject to hydrolysis) is 1. The third-order valence-corrected chi connectivity index (χ3v) is 8.12. The Hall–Kier alpha value is -2.28. The first-order valence-corrected chi connectivity index (χ1v) is 12.6. The van der Waals surface area contributed by atoms with Gasteiger partial charge in [-0.15, -0.1) is 0 Å². The predicted octanol–water partition coefficient (Wildman–Crippen LogP) is 4.56. The number of carbonyl (C=O) groups excluding carboxylic acids is 2. The summed E-state index contributed by atoms with van der Waals surface area (Å²) in [4.78, 5) is 29.0. The number of amides is 2. The van der Waals surface area contributed by atoms with Crippen LogP contribution in [0.25, 0.3) is 0 Å². The fourth-order valence-corrected chi connectivity index (χ4v) is 5.75. The van der Waals surface area contributed by atoms with Crippen molar-refractivity contribution in [3.8, 4) is 0 Å². The van der Waals surface area contributed by atoms with Gasteiger partial charge >= 0.3 is 12.2 Å². The number of hydrogen-bond donors (Lipinski definition) is 1. The van der Waals surface area contributed by atoms with Crippen LogP contribution in [0.15, 0.2) is 30.3 Å². The van der Waals surface area contributed by atoms with Gasteiger partial charge in [0.05, 0.1) is 0 Å². The Morgan fingerprint density at radius 1 is 1.12 bits per heavy atom. The van der Waals surface area contributed by atoms with Crippen molar-refractivity contribution in [2.24, 2.45) is 5.92 Å². The Balaban J connectivity index is 1.28. The summed E-state index contributed by atoms with van der Waals surface area (Å²) in [7, 11) is 0. The summed E-state index contributed by atoms with van der Waals surface area (Å²) < 4.78 is 11.5. The zero-order valence-corrected chi connectivity index (χ0v) is 20.2. The van der Waals surface area contributed by atoms with Gasteiger partial charge in [-0.2, -0.15) is 0 Å². The average Bonchev–Trinajstić information content (AvgIpc) is 2.83. The highest BCUT2D eigenvalue weighted by Gasteiger charge is 2.49. The highest BCUT2D eigenvalue weighted by Crippen LogP contribution is 2.41. The van der Waals surface area contributed by atoms with E-state index in [1.165, 1.54) is 6.42 Å². The van der Waals surface area contributed by atoms with Crippen LogP contribution < -0.4 is 5.32 Å². The van der Waals surface area contributed by atoms with Crippen molar-refractivity contribution in [3.63, 3.8) is 0 Å². The number of likely N-dealkylation sites (tertiary alicyclic amines) is 2. The minimum Gasteiger partial charge on any atom is -0.445 e. The van der Waals surface area contributed by atoms with E-state index in [0.717, 1.165) is 63.7 Å². The summed E-state index contributed by atoms with van der Waals surface area (Å²) in [6.45, 7) is 8.87. The minimum atomic E-state index is -0.313. The molecule has 1 atom stereocenters.